The van der Waals surface area contributed by atoms with E-state index in [9.17, 15) is 8.42 Å². The van der Waals surface area contributed by atoms with Gasteiger partial charge in [-0.15, -0.1) is 6.42 Å². The summed E-state index contributed by atoms with van der Waals surface area (Å²) in [4.78, 5) is 3.68. The number of sulfonamides is 1. The summed E-state index contributed by atoms with van der Waals surface area (Å²) in [7, 11) is -3.71. The van der Waals surface area contributed by atoms with E-state index in [1.165, 1.54) is 18.5 Å². The largest absolute Gasteiger partial charge is 0.263 e. The van der Waals surface area contributed by atoms with Crippen LogP contribution in [0.5, 0.6) is 0 Å². The van der Waals surface area contributed by atoms with E-state index in [1.54, 1.807) is 0 Å². The van der Waals surface area contributed by atoms with Gasteiger partial charge >= 0.3 is 0 Å². The van der Waals surface area contributed by atoms with Gasteiger partial charge in [0.05, 0.1) is 11.1 Å². The van der Waals surface area contributed by atoms with Crippen molar-refractivity contribution in [2.75, 3.05) is 0 Å². The molecule has 0 bridgehead atoms. The Bertz CT molecular complexity index is 523. The Hall–Kier alpha value is -1.09. The van der Waals surface area contributed by atoms with E-state index in [-0.39, 0.29) is 9.92 Å². The first kappa shape index (κ1) is 14.0. The fourth-order valence-electron chi connectivity index (χ4n) is 1.28. The number of nitrogens with one attached hydrogen (secondary N) is 1. The third-order valence-corrected chi connectivity index (χ3v) is 4.04. The minimum absolute atomic E-state index is 0.0574. The second-order valence-electron chi connectivity index (χ2n) is 3.44. The van der Waals surface area contributed by atoms with Gasteiger partial charge in [0.15, 0.2) is 0 Å². The Morgan fingerprint density at radius 3 is 2.88 bits per heavy atom. The zero-order chi connectivity index (χ0) is 12.9. The van der Waals surface area contributed by atoms with Crippen molar-refractivity contribution in [3.8, 4) is 12.3 Å². The molecule has 1 aromatic rings. The third kappa shape index (κ3) is 3.70. The Labute approximate surface area is 106 Å². The summed E-state index contributed by atoms with van der Waals surface area (Å²) in [5.74, 6) is 2.39. The third-order valence-electron chi connectivity index (χ3n) is 2.10. The monoisotopic (exact) mass is 272 g/mol. The molecule has 0 saturated carbocycles. The summed E-state index contributed by atoms with van der Waals surface area (Å²) in [5.41, 5.74) is 0. The molecule has 1 rings (SSSR count). The Morgan fingerprint density at radius 2 is 2.35 bits per heavy atom. The van der Waals surface area contributed by atoms with Gasteiger partial charge in [-0.2, -0.15) is 4.72 Å². The summed E-state index contributed by atoms with van der Waals surface area (Å²) in [6, 6.07) is 0.891. The zero-order valence-corrected chi connectivity index (χ0v) is 10.9. The van der Waals surface area contributed by atoms with Crippen LogP contribution in [-0.4, -0.2) is 19.4 Å². The molecule has 4 nitrogen and oxygen atoms in total. The van der Waals surface area contributed by atoms with Crippen molar-refractivity contribution in [3.63, 3.8) is 0 Å². The van der Waals surface area contributed by atoms with E-state index in [2.05, 4.69) is 15.6 Å². The zero-order valence-electron chi connectivity index (χ0n) is 9.35. The Morgan fingerprint density at radius 1 is 1.65 bits per heavy atom. The second kappa shape index (κ2) is 6.01. The smallest absolute Gasteiger partial charge is 0.244 e. The van der Waals surface area contributed by atoms with Crippen LogP contribution in [0.15, 0.2) is 23.4 Å². The van der Waals surface area contributed by atoms with Gasteiger partial charge < -0.3 is 0 Å². The lowest BCUT2D eigenvalue weighted by molar-refractivity contribution is 0.564. The van der Waals surface area contributed by atoms with Gasteiger partial charge in [0.2, 0.25) is 10.0 Å². The molecule has 0 aliphatic heterocycles. The van der Waals surface area contributed by atoms with Crippen LogP contribution in [0.1, 0.15) is 19.8 Å². The molecule has 1 heterocycles. The molecule has 0 fully saturated rings. The molecule has 0 aliphatic rings. The number of hydrogen-bond donors (Lipinski definition) is 1. The molecule has 0 amide bonds. The van der Waals surface area contributed by atoms with E-state index >= 15 is 0 Å². The topological polar surface area (TPSA) is 59.1 Å². The van der Waals surface area contributed by atoms with Crippen LogP contribution in [0, 0.1) is 12.3 Å². The second-order valence-corrected chi connectivity index (χ2v) is 5.52. The average molecular weight is 273 g/mol. The number of rotatable bonds is 5. The van der Waals surface area contributed by atoms with Gasteiger partial charge in [0.25, 0.3) is 0 Å². The standard InChI is InChI=1S/C11H13ClN2O2S/c1-3-5-9(4-2)14-17(15,16)11-8-13-7-6-10(11)12/h2,6-9,14H,3,5H2,1H3. The van der Waals surface area contributed by atoms with Gasteiger partial charge in [-0.3, -0.25) is 4.98 Å². The maximum absolute atomic E-state index is 12.0. The maximum atomic E-state index is 12.0. The number of aromatic nitrogens is 1. The van der Waals surface area contributed by atoms with E-state index in [1.807, 2.05) is 6.92 Å². The molecule has 1 N–H and O–H groups in total. The summed E-state index contributed by atoms with van der Waals surface area (Å²) in [6.07, 6.45) is 9.24. The van der Waals surface area contributed by atoms with Crippen LogP contribution in [0.2, 0.25) is 5.02 Å². The van der Waals surface area contributed by atoms with E-state index in [4.69, 9.17) is 18.0 Å². The fraction of sp³-hybridized carbons (Fsp3) is 0.364. The molecular weight excluding hydrogens is 260 g/mol. The molecular formula is C11H13ClN2O2S. The van der Waals surface area contributed by atoms with Crippen molar-refractivity contribution in [2.45, 2.75) is 30.7 Å². The van der Waals surface area contributed by atoms with Gasteiger partial charge in [-0.1, -0.05) is 30.9 Å². The molecule has 1 aromatic heterocycles. The number of halogens is 1. The summed E-state index contributed by atoms with van der Waals surface area (Å²) >= 11 is 5.80. The molecule has 0 radical (unpaired) electrons. The first-order chi connectivity index (χ1) is 8.01. The normalized spacial score (nSPS) is 13.0. The molecule has 0 saturated heterocycles. The molecule has 0 aromatic carbocycles. The first-order valence-corrected chi connectivity index (χ1v) is 6.95. The van der Waals surface area contributed by atoms with Crippen molar-refractivity contribution in [2.24, 2.45) is 0 Å². The quantitative estimate of drug-likeness (QED) is 0.832. The molecule has 17 heavy (non-hydrogen) atoms. The van der Waals surface area contributed by atoms with Crippen molar-refractivity contribution < 1.29 is 8.42 Å². The number of hydrogen-bond acceptors (Lipinski definition) is 3. The van der Waals surface area contributed by atoms with Gasteiger partial charge in [-0.25, -0.2) is 8.42 Å². The molecule has 0 aliphatic carbocycles. The highest BCUT2D eigenvalue weighted by Crippen LogP contribution is 2.19. The SMILES string of the molecule is C#CC(CCC)NS(=O)(=O)c1cnccc1Cl. The Kier molecular flexibility index (Phi) is 4.94. The van der Waals surface area contributed by atoms with Crippen LogP contribution in [0.3, 0.4) is 0 Å². The van der Waals surface area contributed by atoms with E-state index < -0.39 is 16.1 Å². The summed E-state index contributed by atoms with van der Waals surface area (Å²) in [5, 5.41) is 0.125. The molecule has 0 spiro atoms. The highest BCUT2D eigenvalue weighted by atomic mass is 35.5. The van der Waals surface area contributed by atoms with Crippen molar-refractivity contribution in [3.05, 3.63) is 23.5 Å². The molecule has 1 atom stereocenters. The lowest BCUT2D eigenvalue weighted by Crippen LogP contribution is -2.33. The predicted molar refractivity (Wildman–Crippen MR) is 67.1 cm³/mol. The predicted octanol–water partition coefficient (Wildman–Crippen LogP) is 1.82. The van der Waals surface area contributed by atoms with Crippen molar-refractivity contribution >= 4 is 21.6 Å². The molecule has 1 unspecified atom stereocenters. The molecule has 6 heteroatoms. The van der Waals surface area contributed by atoms with Crippen molar-refractivity contribution in [1.82, 2.24) is 9.71 Å². The number of pyridine rings is 1. The van der Waals surface area contributed by atoms with E-state index in [0.717, 1.165) is 6.42 Å². The Balaban J connectivity index is 2.98. The number of nitrogens with zero attached hydrogens (tertiary/aromatic N) is 1. The average Bonchev–Trinajstić information content (AvgIpc) is 2.28. The fourth-order valence-corrected chi connectivity index (χ4v) is 2.90. The van der Waals surface area contributed by atoms with Crippen LogP contribution in [-0.2, 0) is 10.0 Å². The van der Waals surface area contributed by atoms with Crippen LogP contribution in [0.25, 0.3) is 0 Å². The first-order valence-electron chi connectivity index (χ1n) is 5.09. The maximum Gasteiger partial charge on any atom is 0.244 e. The minimum Gasteiger partial charge on any atom is -0.263 e. The lowest BCUT2D eigenvalue weighted by Gasteiger charge is -2.12. The van der Waals surface area contributed by atoms with Gasteiger partial charge in [0, 0.05) is 12.4 Å². The van der Waals surface area contributed by atoms with Gasteiger partial charge in [0.1, 0.15) is 4.90 Å². The van der Waals surface area contributed by atoms with Crippen LogP contribution in [0.4, 0.5) is 0 Å². The van der Waals surface area contributed by atoms with Gasteiger partial charge in [-0.05, 0) is 12.5 Å². The summed E-state index contributed by atoms with van der Waals surface area (Å²) < 4.78 is 26.3. The van der Waals surface area contributed by atoms with Crippen molar-refractivity contribution in [1.29, 1.82) is 0 Å². The minimum atomic E-state index is -3.71. The summed E-state index contributed by atoms with van der Waals surface area (Å²) in [6.45, 7) is 1.93. The molecule has 92 valence electrons. The highest BCUT2D eigenvalue weighted by Gasteiger charge is 2.21. The number of terminal acetylenes is 1. The van der Waals surface area contributed by atoms with Crippen LogP contribution >= 0.6 is 11.6 Å². The van der Waals surface area contributed by atoms with Crippen LogP contribution < -0.4 is 4.72 Å². The lowest BCUT2D eigenvalue weighted by atomic mass is 10.2. The highest BCUT2D eigenvalue weighted by molar-refractivity contribution is 7.89. The van der Waals surface area contributed by atoms with E-state index in [0.29, 0.717) is 6.42 Å².